The van der Waals surface area contributed by atoms with Gasteiger partial charge in [-0.25, -0.2) is 0 Å². The number of carbonyl (C=O) groups excluding carboxylic acids is 1. The van der Waals surface area contributed by atoms with Crippen molar-refractivity contribution in [2.45, 2.75) is 39.8 Å². The van der Waals surface area contributed by atoms with Crippen LogP contribution in [0.4, 0.5) is 5.69 Å². The predicted octanol–water partition coefficient (Wildman–Crippen LogP) is 1.22. The van der Waals surface area contributed by atoms with Crippen LogP contribution in [0, 0.1) is 0 Å². The lowest BCUT2D eigenvalue weighted by Gasteiger charge is -2.30. The number of hydrogen-bond acceptors (Lipinski definition) is 5. The van der Waals surface area contributed by atoms with Gasteiger partial charge in [0.2, 0.25) is 0 Å². The minimum atomic E-state index is -0.186. The maximum atomic E-state index is 12.0. The Balaban J connectivity index is 2.50. The van der Waals surface area contributed by atoms with Gasteiger partial charge in [-0.05, 0) is 39.8 Å². The molecule has 0 aromatic carbocycles. The van der Waals surface area contributed by atoms with Crippen molar-refractivity contribution in [3.8, 4) is 0 Å². The van der Waals surface area contributed by atoms with Gasteiger partial charge in [0.1, 0.15) is 5.69 Å². The van der Waals surface area contributed by atoms with Crippen LogP contribution in [0.5, 0.6) is 0 Å². The third-order valence-corrected chi connectivity index (χ3v) is 3.14. The molecule has 1 aromatic rings. The fourth-order valence-corrected chi connectivity index (χ4v) is 2.15. The predicted molar refractivity (Wildman–Crippen MR) is 81.4 cm³/mol. The number of nitrogen functional groups attached to an aromatic ring is 1. The monoisotopic (exact) mass is 279 g/mol. The van der Waals surface area contributed by atoms with Crippen LogP contribution in [0.2, 0.25) is 0 Å². The van der Waals surface area contributed by atoms with Gasteiger partial charge >= 0.3 is 0 Å². The molecule has 0 bridgehead atoms. The summed E-state index contributed by atoms with van der Waals surface area (Å²) in [5.41, 5.74) is 3.52. The maximum Gasteiger partial charge on any atom is 0.269 e. The van der Waals surface area contributed by atoms with Crippen LogP contribution in [0.15, 0.2) is 18.3 Å². The molecule has 20 heavy (non-hydrogen) atoms. The van der Waals surface area contributed by atoms with Gasteiger partial charge in [-0.1, -0.05) is 0 Å². The minimum absolute atomic E-state index is 0.186. The molecule has 6 heteroatoms. The molecular formula is C14H25N5O. The lowest BCUT2D eigenvalue weighted by Crippen LogP contribution is -2.42. The summed E-state index contributed by atoms with van der Waals surface area (Å²) in [5.74, 6) is 5.12. The van der Waals surface area contributed by atoms with Gasteiger partial charge in [0.05, 0.1) is 5.69 Å². The Labute approximate surface area is 120 Å². The average Bonchev–Trinajstić information content (AvgIpc) is 2.42. The Morgan fingerprint density at radius 3 is 2.55 bits per heavy atom. The fourth-order valence-electron chi connectivity index (χ4n) is 2.15. The van der Waals surface area contributed by atoms with E-state index in [9.17, 15) is 4.79 Å². The molecule has 1 rings (SSSR count). The molecule has 0 aliphatic heterocycles. The quantitative estimate of drug-likeness (QED) is 0.516. The van der Waals surface area contributed by atoms with Crippen molar-refractivity contribution in [2.24, 2.45) is 5.84 Å². The first-order valence-electron chi connectivity index (χ1n) is 6.92. The Morgan fingerprint density at radius 1 is 1.35 bits per heavy atom. The molecule has 0 saturated heterocycles. The molecule has 0 aliphatic carbocycles. The van der Waals surface area contributed by atoms with Crippen molar-refractivity contribution < 1.29 is 4.79 Å². The summed E-state index contributed by atoms with van der Waals surface area (Å²) >= 11 is 0. The summed E-state index contributed by atoms with van der Waals surface area (Å²) in [4.78, 5) is 18.3. The topological polar surface area (TPSA) is 83.3 Å². The van der Waals surface area contributed by atoms with E-state index in [1.165, 1.54) is 0 Å². The number of hydrogen-bond donors (Lipinski definition) is 3. The SMILES string of the molecule is CC(C)N(CCNC(=O)c1cc(NN)ccn1)C(C)C. The maximum absolute atomic E-state index is 12.0. The summed E-state index contributed by atoms with van der Waals surface area (Å²) < 4.78 is 0. The number of nitrogens with two attached hydrogens (primary N) is 1. The summed E-state index contributed by atoms with van der Waals surface area (Å²) in [7, 11) is 0. The van der Waals surface area contributed by atoms with Crippen LogP contribution >= 0.6 is 0 Å². The molecule has 1 amide bonds. The summed E-state index contributed by atoms with van der Waals surface area (Å²) in [6.45, 7) is 10.0. The van der Waals surface area contributed by atoms with Crippen LogP contribution < -0.4 is 16.6 Å². The second-order valence-electron chi connectivity index (χ2n) is 5.26. The number of anilines is 1. The van der Waals surface area contributed by atoms with Crippen molar-refractivity contribution in [3.05, 3.63) is 24.0 Å². The average molecular weight is 279 g/mol. The van der Waals surface area contributed by atoms with Crippen molar-refractivity contribution in [3.63, 3.8) is 0 Å². The third kappa shape index (κ3) is 4.79. The molecular weight excluding hydrogens is 254 g/mol. The fraction of sp³-hybridized carbons (Fsp3) is 0.571. The van der Waals surface area contributed by atoms with Gasteiger partial charge in [0.15, 0.2) is 0 Å². The Morgan fingerprint density at radius 2 is 2.00 bits per heavy atom. The molecule has 0 spiro atoms. The Hall–Kier alpha value is -1.66. The molecule has 0 aliphatic rings. The van der Waals surface area contributed by atoms with Crippen molar-refractivity contribution >= 4 is 11.6 Å². The highest BCUT2D eigenvalue weighted by Crippen LogP contribution is 2.06. The molecule has 112 valence electrons. The number of nitrogens with zero attached hydrogens (tertiary/aromatic N) is 2. The van der Waals surface area contributed by atoms with E-state index in [4.69, 9.17) is 5.84 Å². The van der Waals surface area contributed by atoms with E-state index in [-0.39, 0.29) is 5.91 Å². The number of hydrazine groups is 1. The first-order valence-corrected chi connectivity index (χ1v) is 6.92. The van der Waals surface area contributed by atoms with E-state index in [1.807, 2.05) is 0 Å². The third-order valence-electron chi connectivity index (χ3n) is 3.14. The highest BCUT2D eigenvalue weighted by atomic mass is 16.1. The van der Waals surface area contributed by atoms with E-state index < -0.39 is 0 Å². The molecule has 0 atom stereocenters. The lowest BCUT2D eigenvalue weighted by molar-refractivity contribution is 0.0934. The van der Waals surface area contributed by atoms with Crippen LogP contribution in [0.3, 0.4) is 0 Å². The van der Waals surface area contributed by atoms with Crippen molar-refractivity contribution in [2.75, 3.05) is 18.5 Å². The zero-order valence-corrected chi connectivity index (χ0v) is 12.7. The molecule has 0 unspecified atom stereocenters. The lowest BCUT2D eigenvalue weighted by atomic mass is 10.2. The number of carbonyl (C=O) groups is 1. The standard InChI is InChI=1S/C14H25N5O/c1-10(2)19(11(3)4)8-7-17-14(20)13-9-12(18-15)5-6-16-13/h5-6,9-11H,7-8,15H2,1-4H3,(H,16,18)(H,17,20). The highest BCUT2D eigenvalue weighted by molar-refractivity contribution is 5.93. The van der Waals surface area contributed by atoms with Crippen LogP contribution in [-0.4, -0.2) is 41.0 Å². The summed E-state index contributed by atoms with van der Waals surface area (Å²) in [5, 5.41) is 2.88. The molecule has 0 fully saturated rings. The van der Waals surface area contributed by atoms with E-state index in [2.05, 4.69) is 48.3 Å². The number of amides is 1. The highest BCUT2D eigenvalue weighted by Gasteiger charge is 2.13. The second kappa shape index (κ2) is 7.81. The molecule has 4 N–H and O–H groups in total. The first kappa shape index (κ1) is 16.4. The Kier molecular flexibility index (Phi) is 6.41. The summed E-state index contributed by atoms with van der Waals surface area (Å²) in [6.07, 6.45) is 1.55. The molecule has 6 nitrogen and oxygen atoms in total. The van der Waals surface area contributed by atoms with Gasteiger partial charge in [0.25, 0.3) is 5.91 Å². The first-order chi connectivity index (χ1) is 9.45. The number of aromatic nitrogens is 1. The minimum Gasteiger partial charge on any atom is -0.349 e. The van der Waals surface area contributed by atoms with E-state index in [0.29, 0.717) is 30.0 Å². The zero-order valence-electron chi connectivity index (χ0n) is 12.7. The number of pyridine rings is 1. The molecule has 0 radical (unpaired) electrons. The van der Waals surface area contributed by atoms with Crippen molar-refractivity contribution in [1.82, 2.24) is 15.2 Å². The van der Waals surface area contributed by atoms with Gasteiger partial charge in [-0.15, -0.1) is 0 Å². The smallest absolute Gasteiger partial charge is 0.269 e. The van der Waals surface area contributed by atoms with Gasteiger partial charge in [-0.3, -0.25) is 20.5 Å². The van der Waals surface area contributed by atoms with Crippen LogP contribution in [0.25, 0.3) is 0 Å². The molecule has 1 aromatic heterocycles. The van der Waals surface area contributed by atoms with E-state index in [0.717, 1.165) is 6.54 Å². The van der Waals surface area contributed by atoms with Gasteiger partial charge < -0.3 is 10.7 Å². The summed E-state index contributed by atoms with van der Waals surface area (Å²) in [6, 6.07) is 4.23. The molecule has 1 heterocycles. The van der Waals surface area contributed by atoms with Gasteiger partial charge in [0, 0.05) is 31.4 Å². The van der Waals surface area contributed by atoms with E-state index in [1.54, 1.807) is 18.3 Å². The Bertz CT molecular complexity index is 425. The normalized spacial score (nSPS) is 11.2. The van der Waals surface area contributed by atoms with Crippen LogP contribution in [-0.2, 0) is 0 Å². The van der Waals surface area contributed by atoms with Crippen LogP contribution in [0.1, 0.15) is 38.2 Å². The van der Waals surface area contributed by atoms with Crippen molar-refractivity contribution in [1.29, 1.82) is 0 Å². The second-order valence-corrected chi connectivity index (χ2v) is 5.26. The molecule has 0 saturated carbocycles. The largest absolute Gasteiger partial charge is 0.349 e. The number of rotatable bonds is 7. The zero-order chi connectivity index (χ0) is 15.1. The number of nitrogens with one attached hydrogen (secondary N) is 2. The van der Waals surface area contributed by atoms with Gasteiger partial charge in [-0.2, -0.15) is 0 Å². The van der Waals surface area contributed by atoms with E-state index >= 15 is 0 Å².